The smallest absolute Gasteiger partial charge is 0.434 e. The molecule has 1 aromatic carbocycles. The van der Waals surface area contributed by atoms with E-state index in [1.54, 1.807) is 7.11 Å². The second-order valence-corrected chi connectivity index (χ2v) is 7.00. The van der Waals surface area contributed by atoms with Crippen LogP contribution in [0.3, 0.4) is 0 Å². The van der Waals surface area contributed by atoms with Crippen molar-refractivity contribution in [3.05, 3.63) is 40.3 Å². The van der Waals surface area contributed by atoms with Gasteiger partial charge in [-0.05, 0) is 31.2 Å². The maximum Gasteiger partial charge on any atom is 0.434 e. The van der Waals surface area contributed by atoms with Gasteiger partial charge in [0.05, 0.1) is 18.7 Å². The van der Waals surface area contributed by atoms with Gasteiger partial charge in [0.2, 0.25) is 0 Å². The van der Waals surface area contributed by atoms with E-state index in [0.717, 1.165) is 28.2 Å². The molecule has 2 aromatic rings. The third-order valence-electron chi connectivity index (χ3n) is 3.88. The Morgan fingerprint density at radius 3 is 2.47 bits per heavy atom. The zero-order chi connectivity index (χ0) is 21.3. The number of alkyl halides is 3. The van der Waals surface area contributed by atoms with Gasteiger partial charge in [-0.2, -0.15) is 13.2 Å². The lowest BCUT2D eigenvalue weighted by molar-refractivity contribution is -0.140. The zero-order valence-electron chi connectivity index (χ0n) is 17.0. The van der Waals surface area contributed by atoms with E-state index in [2.05, 4.69) is 15.3 Å². The molecule has 2 rings (SSSR count). The minimum atomic E-state index is -4.41. The summed E-state index contributed by atoms with van der Waals surface area (Å²) in [5.41, 5.74) is -0.846. The quantitative estimate of drug-likeness (QED) is 0.283. The first-order chi connectivity index (χ1) is 13.8. The second kappa shape index (κ2) is 12.8. The van der Waals surface area contributed by atoms with E-state index < -0.39 is 11.9 Å². The minimum Gasteiger partial charge on any atom is -0.497 e. The van der Waals surface area contributed by atoms with Crippen molar-refractivity contribution in [3.63, 3.8) is 0 Å². The highest BCUT2D eigenvalue weighted by atomic mass is 127. The SMILES string of the molecule is CCNC(=NCCc1nc(C(F)(F)F)cs1)N(C)CCOc1ccc(OC)cc1.I. The number of benzene rings is 1. The summed E-state index contributed by atoms with van der Waals surface area (Å²) < 4.78 is 48.7. The Hall–Kier alpha value is -1.76. The lowest BCUT2D eigenvalue weighted by Crippen LogP contribution is -2.41. The fourth-order valence-corrected chi connectivity index (χ4v) is 3.16. The molecule has 0 unspecified atom stereocenters. The summed E-state index contributed by atoms with van der Waals surface area (Å²) in [6.45, 7) is 4.02. The summed E-state index contributed by atoms with van der Waals surface area (Å²) in [7, 11) is 3.49. The van der Waals surface area contributed by atoms with E-state index in [1.807, 2.05) is 43.1 Å². The number of nitrogens with zero attached hydrogens (tertiary/aromatic N) is 3. The van der Waals surface area contributed by atoms with E-state index in [1.165, 1.54) is 0 Å². The van der Waals surface area contributed by atoms with Gasteiger partial charge in [-0.1, -0.05) is 0 Å². The largest absolute Gasteiger partial charge is 0.497 e. The molecule has 6 nitrogen and oxygen atoms in total. The van der Waals surface area contributed by atoms with Crippen LogP contribution in [-0.4, -0.2) is 56.2 Å². The average molecular weight is 558 g/mol. The monoisotopic (exact) mass is 558 g/mol. The van der Waals surface area contributed by atoms with Gasteiger partial charge < -0.3 is 19.7 Å². The molecule has 0 saturated carbocycles. The molecule has 1 heterocycles. The number of nitrogens with one attached hydrogen (secondary N) is 1. The predicted molar refractivity (Wildman–Crippen MR) is 123 cm³/mol. The summed E-state index contributed by atoms with van der Waals surface area (Å²) in [6, 6.07) is 7.32. The van der Waals surface area contributed by atoms with E-state index in [-0.39, 0.29) is 24.0 Å². The molecule has 0 atom stereocenters. The Morgan fingerprint density at radius 2 is 1.90 bits per heavy atom. The molecule has 0 fully saturated rings. The Balaban J connectivity index is 0.00000450. The van der Waals surface area contributed by atoms with Gasteiger partial charge in [0.15, 0.2) is 11.7 Å². The highest BCUT2D eigenvalue weighted by Crippen LogP contribution is 2.30. The molecule has 168 valence electrons. The molecule has 0 aliphatic carbocycles. The molecule has 0 bridgehead atoms. The number of halogens is 4. The van der Waals surface area contributed by atoms with Crippen molar-refractivity contribution in [2.45, 2.75) is 19.5 Å². The molecular formula is C19H26F3IN4O2S. The third kappa shape index (κ3) is 8.54. The van der Waals surface area contributed by atoms with Crippen LogP contribution < -0.4 is 14.8 Å². The van der Waals surface area contributed by atoms with Crippen molar-refractivity contribution >= 4 is 41.3 Å². The van der Waals surface area contributed by atoms with Crippen molar-refractivity contribution < 1.29 is 22.6 Å². The number of guanidine groups is 1. The van der Waals surface area contributed by atoms with Crippen molar-refractivity contribution in [2.75, 3.05) is 40.4 Å². The highest BCUT2D eigenvalue weighted by molar-refractivity contribution is 14.0. The number of methoxy groups -OCH3 is 1. The fourth-order valence-electron chi connectivity index (χ4n) is 2.36. The molecule has 1 aromatic heterocycles. The van der Waals surface area contributed by atoms with Gasteiger partial charge in [-0.15, -0.1) is 35.3 Å². The molecule has 0 saturated heterocycles. The van der Waals surface area contributed by atoms with Gasteiger partial charge in [-0.25, -0.2) is 4.98 Å². The van der Waals surface area contributed by atoms with Crippen LogP contribution in [0, 0.1) is 0 Å². The van der Waals surface area contributed by atoms with E-state index >= 15 is 0 Å². The maximum atomic E-state index is 12.6. The number of aliphatic imine (C=N–C) groups is 1. The Morgan fingerprint density at radius 1 is 1.23 bits per heavy atom. The average Bonchev–Trinajstić information content (AvgIpc) is 3.17. The van der Waals surface area contributed by atoms with Crippen LogP contribution in [-0.2, 0) is 12.6 Å². The van der Waals surface area contributed by atoms with Gasteiger partial charge in [0.25, 0.3) is 0 Å². The van der Waals surface area contributed by atoms with Crippen molar-refractivity contribution in [1.82, 2.24) is 15.2 Å². The van der Waals surface area contributed by atoms with Crippen molar-refractivity contribution in [1.29, 1.82) is 0 Å². The molecular weight excluding hydrogens is 532 g/mol. The zero-order valence-corrected chi connectivity index (χ0v) is 20.2. The first kappa shape index (κ1) is 26.3. The van der Waals surface area contributed by atoms with Crippen LogP contribution in [0.25, 0.3) is 0 Å². The molecule has 0 spiro atoms. The molecule has 30 heavy (non-hydrogen) atoms. The number of likely N-dealkylation sites (N-methyl/N-ethyl adjacent to an activating group) is 1. The molecule has 11 heteroatoms. The molecule has 0 amide bonds. The van der Waals surface area contributed by atoms with Crippen LogP contribution in [0.5, 0.6) is 11.5 Å². The van der Waals surface area contributed by atoms with Gasteiger partial charge in [-0.3, -0.25) is 4.99 Å². The number of hydrogen-bond acceptors (Lipinski definition) is 5. The van der Waals surface area contributed by atoms with Crippen LogP contribution >= 0.6 is 35.3 Å². The van der Waals surface area contributed by atoms with Crippen LogP contribution in [0.1, 0.15) is 17.6 Å². The first-order valence-corrected chi connectivity index (χ1v) is 9.99. The van der Waals surface area contributed by atoms with Gasteiger partial charge in [0, 0.05) is 31.9 Å². The number of aromatic nitrogens is 1. The van der Waals surface area contributed by atoms with E-state index in [9.17, 15) is 13.2 Å². The van der Waals surface area contributed by atoms with E-state index in [0.29, 0.717) is 43.6 Å². The molecule has 0 radical (unpaired) electrons. The standard InChI is InChI=1S/C19H25F3N4O2S.HI/c1-4-23-18(24-10-9-17-25-16(13-29-17)19(20,21)22)26(2)11-12-28-15-7-5-14(27-3)6-8-15;/h5-8,13H,4,9-12H2,1-3H3,(H,23,24);1H. The van der Waals surface area contributed by atoms with E-state index in [4.69, 9.17) is 9.47 Å². The number of thiazole rings is 1. The summed E-state index contributed by atoms with van der Waals surface area (Å²) in [6.07, 6.45) is -4.05. The highest BCUT2D eigenvalue weighted by Gasteiger charge is 2.33. The lowest BCUT2D eigenvalue weighted by Gasteiger charge is -2.22. The van der Waals surface area contributed by atoms with Crippen LogP contribution in [0.4, 0.5) is 13.2 Å². The molecule has 1 N–H and O–H groups in total. The normalized spacial score (nSPS) is 11.6. The summed E-state index contributed by atoms with van der Waals surface area (Å²) in [5, 5.41) is 4.62. The predicted octanol–water partition coefficient (Wildman–Crippen LogP) is 4.31. The second-order valence-electron chi connectivity index (χ2n) is 6.06. The summed E-state index contributed by atoms with van der Waals surface area (Å²) in [5.74, 6) is 2.17. The number of ether oxygens (including phenoxy) is 2. The summed E-state index contributed by atoms with van der Waals surface area (Å²) in [4.78, 5) is 10.0. The fraction of sp³-hybridized carbons (Fsp3) is 0.474. The van der Waals surface area contributed by atoms with Crippen molar-refractivity contribution in [2.24, 2.45) is 4.99 Å². The maximum absolute atomic E-state index is 12.6. The Bertz CT molecular complexity index is 785. The Kier molecular flexibility index (Phi) is 11.2. The van der Waals surface area contributed by atoms with Gasteiger partial charge >= 0.3 is 6.18 Å². The molecule has 0 aliphatic rings. The van der Waals surface area contributed by atoms with Crippen LogP contribution in [0.2, 0.25) is 0 Å². The topological polar surface area (TPSA) is 59.0 Å². The first-order valence-electron chi connectivity index (χ1n) is 9.11. The lowest BCUT2D eigenvalue weighted by atomic mass is 10.3. The Labute approximate surface area is 195 Å². The minimum absolute atomic E-state index is 0. The number of hydrogen-bond donors (Lipinski definition) is 1. The van der Waals surface area contributed by atoms with Crippen LogP contribution in [0.15, 0.2) is 34.6 Å². The third-order valence-corrected chi connectivity index (χ3v) is 4.79. The summed E-state index contributed by atoms with van der Waals surface area (Å²) >= 11 is 1.00. The molecule has 0 aliphatic heterocycles. The number of rotatable bonds is 9. The van der Waals surface area contributed by atoms with Crippen molar-refractivity contribution in [3.8, 4) is 11.5 Å². The van der Waals surface area contributed by atoms with Gasteiger partial charge in [0.1, 0.15) is 18.1 Å².